The number of rotatable bonds is 6. The van der Waals surface area contributed by atoms with Gasteiger partial charge in [0.05, 0.1) is 21.3 Å². The molecule has 0 saturated heterocycles. The minimum Gasteiger partial charge on any atom is -0.497 e. The number of para-hydroxylation sites is 1. The molecule has 0 aliphatic carbocycles. The molecule has 2 aromatic carbocycles. The summed E-state index contributed by atoms with van der Waals surface area (Å²) < 4.78 is 15.1. The first kappa shape index (κ1) is 17.3. The van der Waals surface area contributed by atoms with Crippen LogP contribution in [0.3, 0.4) is 0 Å². The summed E-state index contributed by atoms with van der Waals surface area (Å²) in [7, 11) is 4.26. The fourth-order valence-electron chi connectivity index (χ4n) is 2.19. The van der Waals surface area contributed by atoms with Crippen LogP contribution >= 0.6 is 0 Å². The molecule has 0 fully saturated rings. The molecule has 0 unspecified atom stereocenters. The zero-order chi connectivity index (χ0) is 17.5. The van der Waals surface area contributed by atoms with Crippen molar-refractivity contribution in [2.45, 2.75) is 0 Å². The molecule has 2 aromatic rings. The molecule has 5 nitrogen and oxygen atoms in total. The summed E-state index contributed by atoms with van der Waals surface area (Å²) in [4.78, 5) is 24.9. The summed E-state index contributed by atoms with van der Waals surface area (Å²) in [5.74, 6) is -0.0833. The van der Waals surface area contributed by atoms with Crippen LogP contribution in [0.4, 0.5) is 0 Å². The summed E-state index contributed by atoms with van der Waals surface area (Å²) in [6.07, 6.45) is 1.46. The Bertz CT molecular complexity index is 777. The third-order valence-electron chi connectivity index (χ3n) is 3.42. The molecule has 0 heterocycles. The quantitative estimate of drug-likeness (QED) is 0.268. The highest BCUT2D eigenvalue weighted by atomic mass is 16.5. The Balaban J connectivity index is 2.50. The molecule has 0 amide bonds. The second-order valence-electron chi connectivity index (χ2n) is 4.85. The minimum atomic E-state index is -0.714. The van der Waals surface area contributed by atoms with Gasteiger partial charge in [-0.15, -0.1) is 0 Å². The van der Waals surface area contributed by atoms with E-state index in [1.54, 1.807) is 48.5 Å². The van der Waals surface area contributed by atoms with E-state index >= 15 is 0 Å². The van der Waals surface area contributed by atoms with Crippen molar-refractivity contribution in [2.75, 3.05) is 21.3 Å². The highest BCUT2D eigenvalue weighted by molar-refractivity contribution is 6.27. The largest absolute Gasteiger partial charge is 0.497 e. The van der Waals surface area contributed by atoms with Crippen LogP contribution in [-0.4, -0.2) is 33.1 Å². The van der Waals surface area contributed by atoms with Crippen LogP contribution in [0.2, 0.25) is 0 Å². The van der Waals surface area contributed by atoms with E-state index in [0.717, 1.165) is 0 Å². The molecule has 0 aliphatic heterocycles. The molecule has 0 spiro atoms. The average molecular weight is 326 g/mol. The Morgan fingerprint density at radius 1 is 0.917 bits per heavy atom. The van der Waals surface area contributed by atoms with Gasteiger partial charge in [0, 0.05) is 11.1 Å². The Morgan fingerprint density at radius 3 is 2.33 bits per heavy atom. The van der Waals surface area contributed by atoms with Gasteiger partial charge in [-0.3, -0.25) is 4.79 Å². The van der Waals surface area contributed by atoms with Crippen LogP contribution in [0, 0.1) is 0 Å². The molecular formula is C19H18O5. The van der Waals surface area contributed by atoms with E-state index in [2.05, 4.69) is 0 Å². The SMILES string of the molecule is COC(=O)/C(=C\c1ccccc1OC)C(=O)c1cccc(OC)c1. The second kappa shape index (κ2) is 7.97. The van der Waals surface area contributed by atoms with Crippen LogP contribution in [0.15, 0.2) is 54.1 Å². The molecule has 0 bridgehead atoms. The molecule has 2 rings (SSSR count). The maximum Gasteiger partial charge on any atom is 0.341 e. The van der Waals surface area contributed by atoms with E-state index in [4.69, 9.17) is 14.2 Å². The van der Waals surface area contributed by atoms with E-state index in [9.17, 15) is 9.59 Å². The Kier molecular flexibility index (Phi) is 5.73. The number of ketones is 1. The normalized spacial score (nSPS) is 10.9. The standard InChI is InChI=1S/C19H18O5/c1-22-15-9-6-8-14(11-15)18(20)16(19(21)24-3)12-13-7-4-5-10-17(13)23-2/h4-12H,1-3H3/b16-12-. The lowest BCUT2D eigenvalue weighted by Gasteiger charge is -2.09. The number of carbonyl (C=O) groups is 2. The molecule has 0 saturated carbocycles. The number of methoxy groups -OCH3 is 3. The number of carbonyl (C=O) groups excluding carboxylic acids is 2. The monoisotopic (exact) mass is 326 g/mol. The lowest BCUT2D eigenvalue weighted by molar-refractivity contribution is -0.135. The first-order chi connectivity index (χ1) is 11.6. The minimum absolute atomic E-state index is 0.0877. The van der Waals surface area contributed by atoms with Crippen molar-refractivity contribution >= 4 is 17.8 Å². The van der Waals surface area contributed by atoms with Crippen molar-refractivity contribution < 1.29 is 23.8 Å². The fraction of sp³-hybridized carbons (Fsp3) is 0.158. The number of benzene rings is 2. The van der Waals surface area contributed by atoms with Gasteiger partial charge in [-0.1, -0.05) is 30.3 Å². The van der Waals surface area contributed by atoms with Crippen molar-refractivity contribution in [3.63, 3.8) is 0 Å². The lowest BCUT2D eigenvalue weighted by atomic mass is 10.0. The molecule has 124 valence electrons. The van der Waals surface area contributed by atoms with Crippen LogP contribution in [0.5, 0.6) is 11.5 Å². The van der Waals surface area contributed by atoms with Crippen LogP contribution in [0.1, 0.15) is 15.9 Å². The van der Waals surface area contributed by atoms with Gasteiger partial charge < -0.3 is 14.2 Å². The predicted molar refractivity (Wildman–Crippen MR) is 90.3 cm³/mol. The summed E-state index contributed by atoms with van der Waals surface area (Å²) in [5.41, 5.74) is 0.854. The van der Waals surface area contributed by atoms with E-state index in [1.807, 2.05) is 0 Å². The fourth-order valence-corrected chi connectivity index (χ4v) is 2.19. The van der Waals surface area contributed by atoms with Crippen molar-refractivity contribution in [3.8, 4) is 11.5 Å². The van der Waals surface area contributed by atoms with Crippen LogP contribution < -0.4 is 9.47 Å². The smallest absolute Gasteiger partial charge is 0.341 e. The maximum atomic E-state index is 12.8. The molecule has 0 aliphatic rings. The average Bonchev–Trinajstić information content (AvgIpc) is 2.65. The highest BCUT2D eigenvalue weighted by Crippen LogP contribution is 2.23. The number of hydrogen-bond donors (Lipinski definition) is 0. The van der Waals surface area contributed by atoms with Gasteiger partial charge in [0.15, 0.2) is 5.78 Å². The van der Waals surface area contributed by atoms with Crippen molar-refractivity contribution in [1.29, 1.82) is 0 Å². The summed E-state index contributed by atoms with van der Waals surface area (Å²) in [5, 5.41) is 0. The van der Waals surface area contributed by atoms with E-state index in [0.29, 0.717) is 22.6 Å². The van der Waals surface area contributed by atoms with Gasteiger partial charge in [-0.25, -0.2) is 4.79 Å². The number of ether oxygens (including phenoxy) is 3. The van der Waals surface area contributed by atoms with E-state index < -0.39 is 11.8 Å². The molecule has 0 N–H and O–H groups in total. The molecular weight excluding hydrogens is 308 g/mol. The maximum absolute atomic E-state index is 12.8. The zero-order valence-corrected chi connectivity index (χ0v) is 13.7. The Hall–Kier alpha value is -3.08. The molecule has 0 atom stereocenters. The Morgan fingerprint density at radius 2 is 1.67 bits per heavy atom. The third-order valence-corrected chi connectivity index (χ3v) is 3.42. The second-order valence-corrected chi connectivity index (χ2v) is 4.85. The molecule has 24 heavy (non-hydrogen) atoms. The van der Waals surface area contributed by atoms with Gasteiger partial charge in [0.25, 0.3) is 0 Å². The van der Waals surface area contributed by atoms with Gasteiger partial charge >= 0.3 is 5.97 Å². The number of esters is 1. The van der Waals surface area contributed by atoms with Crippen molar-refractivity contribution in [3.05, 3.63) is 65.2 Å². The van der Waals surface area contributed by atoms with Crippen molar-refractivity contribution in [1.82, 2.24) is 0 Å². The van der Waals surface area contributed by atoms with Gasteiger partial charge in [-0.05, 0) is 24.3 Å². The third kappa shape index (κ3) is 3.81. The summed E-state index contributed by atoms with van der Waals surface area (Å²) in [6, 6.07) is 13.7. The van der Waals surface area contributed by atoms with Gasteiger partial charge in [-0.2, -0.15) is 0 Å². The molecule has 0 aromatic heterocycles. The first-order valence-electron chi connectivity index (χ1n) is 7.22. The topological polar surface area (TPSA) is 61.8 Å². The lowest BCUT2D eigenvalue weighted by Crippen LogP contribution is -2.15. The molecule has 0 radical (unpaired) electrons. The number of hydrogen-bond acceptors (Lipinski definition) is 5. The highest BCUT2D eigenvalue weighted by Gasteiger charge is 2.21. The Labute approximate surface area is 140 Å². The first-order valence-corrected chi connectivity index (χ1v) is 7.22. The van der Waals surface area contributed by atoms with Crippen LogP contribution in [0.25, 0.3) is 6.08 Å². The van der Waals surface area contributed by atoms with Gasteiger partial charge in [0.2, 0.25) is 0 Å². The summed E-state index contributed by atoms with van der Waals surface area (Å²) >= 11 is 0. The van der Waals surface area contributed by atoms with Gasteiger partial charge in [0.1, 0.15) is 17.1 Å². The van der Waals surface area contributed by atoms with Crippen molar-refractivity contribution in [2.24, 2.45) is 0 Å². The zero-order valence-electron chi connectivity index (χ0n) is 13.7. The predicted octanol–water partition coefficient (Wildman–Crippen LogP) is 3.14. The summed E-state index contributed by atoms with van der Waals surface area (Å²) in [6.45, 7) is 0. The van der Waals surface area contributed by atoms with Crippen LogP contribution in [-0.2, 0) is 9.53 Å². The number of Topliss-reactive ketones (excluding diaryl/α,β-unsaturated/α-hetero) is 1. The molecule has 5 heteroatoms. The van der Waals surface area contributed by atoms with E-state index in [1.165, 1.54) is 27.4 Å². The van der Waals surface area contributed by atoms with E-state index in [-0.39, 0.29) is 5.57 Å².